The lowest BCUT2D eigenvalue weighted by Crippen LogP contribution is -2.37. The quantitative estimate of drug-likeness (QED) is 0.834. The van der Waals surface area contributed by atoms with Crippen molar-refractivity contribution in [2.45, 2.75) is 20.5 Å². The zero-order valence-electron chi connectivity index (χ0n) is 13.2. The third-order valence-corrected chi connectivity index (χ3v) is 3.01. The van der Waals surface area contributed by atoms with Crippen molar-refractivity contribution < 1.29 is 23.0 Å². The van der Waals surface area contributed by atoms with Gasteiger partial charge in [0.15, 0.2) is 11.5 Å². The Kier molecular flexibility index (Phi) is 7.06. The molecule has 6 nitrogen and oxygen atoms in total. The molecule has 1 rings (SSSR count). The first kappa shape index (κ1) is 18.5. The molecule has 0 aromatic heterocycles. The number of carbonyl (C=O) groups excluding carboxylic acids is 1. The molecular weight excluding hydrogens is 308 g/mol. The van der Waals surface area contributed by atoms with Crippen molar-refractivity contribution >= 4 is 11.7 Å². The van der Waals surface area contributed by atoms with Gasteiger partial charge in [-0.15, -0.1) is 0 Å². The Hall–Kier alpha value is -2.56. The molecule has 0 saturated carbocycles. The van der Waals surface area contributed by atoms with E-state index in [2.05, 4.69) is 16.1 Å². The molecule has 2 amide bonds. The van der Waals surface area contributed by atoms with Gasteiger partial charge in [-0.3, -0.25) is 0 Å². The Bertz CT molecular complexity index is 576. The molecule has 126 valence electrons. The van der Waals surface area contributed by atoms with Crippen LogP contribution in [-0.4, -0.2) is 37.7 Å². The van der Waals surface area contributed by atoms with Crippen LogP contribution in [0, 0.1) is 17.2 Å². The predicted octanol–water partition coefficient (Wildman–Crippen LogP) is 3.31. The molecular formula is C15H19F2N3O3. The number of ether oxygens (including phenoxy) is 2. The number of anilines is 1. The van der Waals surface area contributed by atoms with E-state index in [9.17, 15) is 13.6 Å². The Morgan fingerprint density at radius 3 is 2.65 bits per heavy atom. The third-order valence-electron chi connectivity index (χ3n) is 3.01. The number of rotatable bonds is 7. The number of nitrogens with zero attached hydrogens (tertiary/aromatic N) is 2. The van der Waals surface area contributed by atoms with E-state index in [1.807, 2.05) is 0 Å². The molecule has 0 bridgehead atoms. The van der Waals surface area contributed by atoms with Crippen LogP contribution in [0.5, 0.6) is 11.5 Å². The van der Waals surface area contributed by atoms with Gasteiger partial charge in [-0.1, -0.05) is 0 Å². The number of alkyl halides is 2. The fourth-order valence-corrected chi connectivity index (χ4v) is 1.87. The smallest absolute Gasteiger partial charge is 0.387 e. The molecule has 1 aromatic carbocycles. The third kappa shape index (κ3) is 5.62. The van der Waals surface area contributed by atoms with E-state index >= 15 is 0 Å². The molecule has 0 spiro atoms. The number of halogens is 2. The molecule has 0 saturated heterocycles. The van der Waals surface area contributed by atoms with Crippen LogP contribution in [0.1, 0.15) is 13.8 Å². The van der Waals surface area contributed by atoms with Crippen LogP contribution in [0.2, 0.25) is 0 Å². The lowest BCUT2D eigenvalue weighted by Gasteiger charge is -2.22. The van der Waals surface area contributed by atoms with Crippen LogP contribution in [0.25, 0.3) is 0 Å². The summed E-state index contributed by atoms with van der Waals surface area (Å²) in [6.07, 6.45) is 0. The van der Waals surface area contributed by atoms with E-state index in [-0.39, 0.29) is 29.6 Å². The monoisotopic (exact) mass is 327 g/mol. The van der Waals surface area contributed by atoms with Gasteiger partial charge < -0.3 is 19.7 Å². The topological polar surface area (TPSA) is 74.6 Å². The summed E-state index contributed by atoms with van der Waals surface area (Å²) in [7, 11) is 1.33. The summed E-state index contributed by atoms with van der Waals surface area (Å²) in [4.78, 5) is 13.6. The van der Waals surface area contributed by atoms with Gasteiger partial charge in [-0.05, 0) is 26.0 Å². The summed E-state index contributed by atoms with van der Waals surface area (Å²) in [6, 6.07) is 5.81. The number of benzene rings is 1. The second-order valence-corrected chi connectivity index (χ2v) is 4.74. The number of amides is 2. The summed E-state index contributed by atoms with van der Waals surface area (Å²) < 4.78 is 34.1. The Morgan fingerprint density at radius 1 is 1.43 bits per heavy atom. The maximum absolute atomic E-state index is 12.4. The van der Waals surface area contributed by atoms with Gasteiger partial charge in [0.1, 0.15) is 0 Å². The van der Waals surface area contributed by atoms with Gasteiger partial charge >= 0.3 is 12.6 Å². The maximum atomic E-state index is 12.4. The number of nitrogens with one attached hydrogen (secondary N) is 1. The number of methoxy groups -OCH3 is 1. The Labute approximate surface area is 133 Å². The van der Waals surface area contributed by atoms with Gasteiger partial charge in [0.2, 0.25) is 0 Å². The van der Waals surface area contributed by atoms with Crippen LogP contribution in [0.3, 0.4) is 0 Å². The molecule has 1 aromatic rings. The van der Waals surface area contributed by atoms with Crippen LogP contribution in [-0.2, 0) is 0 Å². The molecule has 23 heavy (non-hydrogen) atoms. The summed E-state index contributed by atoms with van der Waals surface area (Å²) in [5.74, 6) is -0.350. The molecule has 0 aliphatic heterocycles. The molecule has 0 aliphatic rings. The average Bonchev–Trinajstić information content (AvgIpc) is 2.51. The zero-order valence-corrected chi connectivity index (χ0v) is 13.2. The highest BCUT2D eigenvalue weighted by Gasteiger charge is 2.16. The number of urea groups is 1. The van der Waals surface area contributed by atoms with Crippen LogP contribution < -0.4 is 14.8 Å². The highest BCUT2D eigenvalue weighted by Crippen LogP contribution is 2.31. The first-order chi connectivity index (χ1) is 10.9. The molecule has 0 heterocycles. The van der Waals surface area contributed by atoms with Gasteiger partial charge in [0, 0.05) is 24.8 Å². The Morgan fingerprint density at radius 2 is 2.13 bits per heavy atom. The lowest BCUT2D eigenvalue weighted by molar-refractivity contribution is -0.0511. The average molecular weight is 327 g/mol. The highest BCUT2D eigenvalue weighted by molar-refractivity contribution is 5.89. The SMILES string of the molecule is CCN(C[C@H](C)C#N)C(=O)Nc1ccc(OC)c(OC(F)F)c1. The molecule has 0 radical (unpaired) electrons. The van der Waals surface area contributed by atoms with E-state index in [0.29, 0.717) is 6.54 Å². The summed E-state index contributed by atoms with van der Waals surface area (Å²) >= 11 is 0. The number of hydrogen-bond acceptors (Lipinski definition) is 4. The van der Waals surface area contributed by atoms with Crippen molar-refractivity contribution in [3.8, 4) is 17.6 Å². The molecule has 0 unspecified atom stereocenters. The predicted molar refractivity (Wildman–Crippen MR) is 80.7 cm³/mol. The van der Waals surface area contributed by atoms with Crippen LogP contribution in [0.15, 0.2) is 18.2 Å². The number of hydrogen-bond donors (Lipinski definition) is 1. The van der Waals surface area contributed by atoms with Crippen molar-refractivity contribution in [1.82, 2.24) is 4.90 Å². The van der Waals surface area contributed by atoms with Gasteiger partial charge in [-0.25, -0.2) is 4.79 Å². The summed E-state index contributed by atoms with van der Waals surface area (Å²) in [5, 5.41) is 11.4. The first-order valence-corrected chi connectivity index (χ1v) is 6.99. The van der Waals surface area contributed by atoms with E-state index in [0.717, 1.165) is 0 Å². The molecule has 1 atom stereocenters. The highest BCUT2D eigenvalue weighted by atomic mass is 19.3. The molecule has 0 aliphatic carbocycles. The normalized spacial score (nSPS) is 11.5. The van der Waals surface area contributed by atoms with Crippen molar-refractivity contribution in [2.24, 2.45) is 5.92 Å². The second kappa shape index (κ2) is 8.78. The molecule has 1 N–H and O–H groups in total. The van der Waals surface area contributed by atoms with Crippen molar-refractivity contribution in [1.29, 1.82) is 5.26 Å². The van der Waals surface area contributed by atoms with Gasteiger partial charge in [0.25, 0.3) is 0 Å². The minimum atomic E-state index is -3.00. The fourth-order valence-electron chi connectivity index (χ4n) is 1.87. The van der Waals surface area contributed by atoms with E-state index in [1.54, 1.807) is 13.8 Å². The van der Waals surface area contributed by atoms with Crippen LogP contribution >= 0.6 is 0 Å². The fraction of sp³-hybridized carbons (Fsp3) is 0.467. The van der Waals surface area contributed by atoms with Crippen molar-refractivity contribution in [2.75, 3.05) is 25.5 Å². The van der Waals surface area contributed by atoms with E-state index < -0.39 is 12.6 Å². The first-order valence-electron chi connectivity index (χ1n) is 6.99. The molecule has 8 heteroatoms. The minimum Gasteiger partial charge on any atom is -0.493 e. The van der Waals surface area contributed by atoms with Crippen LogP contribution in [0.4, 0.5) is 19.3 Å². The standard InChI is InChI=1S/C15H19F2N3O3/c1-4-20(9-10(2)8-18)15(21)19-11-5-6-12(22-3)13(7-11)23-14(16)17/h5-7,10,14H,4,9H2,1-3H3,(H,19,21)/t10-/m1/s1. The Balaban J connectivity index is 2.86. The van der Waals surface area contributed by atoms with Crippen molar-refractivity contribution in [3.63, 3.8) is 0 Å². The lowest BCUT2D eigenvalue weighted by atomic mass is 10.2. The maximum Gasteiger partial charge on any atom is 0.387 e. The van der Waals surface area contributed by atoms with E-state index in [4.69, 9.17) is 10.00 Å². The minimum absolute atomic E-state index is 0.133. The summed E-state index contributed by atoms with van der Waals surface area (Å²) in [5.41, 5.74) is 0.287. The second-order valence-electron chi connectivity index (χ2n) is 4.74. The van der Waals surface area contributed by atoms with Crippen molar-refractivity contribution in [3.05, 3.63) is 18.2 Å². The summed E-state index contributed by atoms with van der Waals surface area (Å²) in [6.45, 7) is 1.17. The van der Waals surface area contributed by atoms with Gasteiger partial charge in [0.05, 0.1) is 19.1 Å². The van der Waals surface area contributed by atoms with Gasteiger partial charge in [-0.2, -0.15) is 14.0 Å². The largest absolute Gasteiger partial charge is 0.493 e. The number of nitriles is 1. The number of carbonyl (C=O) groups is 1. The molecule has 0 fully saturated rings. The van der Waals surface area contributed by atoms with E-state index in [1.165, 1.54) is 30.2 Å². The zero-order chi connectivity index (χ0) is 17.4.